The molecule has 166 valence electrons. The predicted octanol–water partition coefficient (Wildman–Crippen LogP) is 2.37. The maximum atomic E-state index is 13.4. The molecule has 1 aromatic rings. The van der Waals surface area contributed by atoms with E-state index in [0.29, 0.717) is 44.6 Å². The third kappa shape index (κ3) is 4.89. The molecule has 0 N–H and O–H groups in total. The lowest BCUT2D eigenvalue weighted by atomic mass is 9.83. The molecule has 3 aliphatic rings. The summed E-state index contributed by atoms with van der Waals surface area (Å²) in [5.41, 5.74) is 0. The molecular weight excluding hydrogens is 382 g/mol. The van der Waals surface area contributed by atoms with Crippen LogP contribution in [0.4, 0.5) is 0 Å². The number of methoxy groups -OCH3 is 1. The fourth-order valence-electron chi connectivity index (χ4n) is 5.51. The van der Waals surface area contributed by atoms with Crippen LogP contribution in [0.1, 0.15) is 44.3 Å². The summed E-state index contributed by atoms with van der Waals surface area (Å²) < 4.78 is 10.7. The van der Waals surface area contributed by atoms with Crippen LogP contribution in [0.15, 0.2) is 22.8 Å². The van der Waals surface area contributed by atoms with Crippen LogP contribution < -0.4 is 0 Å². The Hall–Kier alpha value is -1.86. The maximum Gasteiger partial charge on any atom is 0.228 e. The summed E-state index contributed by atoms with van der Waals surface area (Å²) in [7, 11) is 1.68. The van der Waals surface area contributed by atoms with Crippen molar-refractivity contribution in [3.05, 3.63) is 24.2 Å². The number of furan rings is 1. The maximum absolute atomic E-state index is 13.4. The molecule has 3 aliphatic heterocycles. The molecule has 7 heteroatoms. The van der Waals surface area contributed by atoms with E-state index in [1.165, 1.54) is 45.2 Å². The SMILES string of the molecule is COCCN(C[C@@H]1CCCN2CCCC[C@H]12)C(=O)[C@@H]1CC(=O)N(Cc2ccco2)C1. The summed E-state index contributed by atoms with van der Waals surface area (Å²) >= 11 is 0. The molecule has 1 aromatic heterocycles. The minimum atomic E-state index is -0.268. The van der Waals surface area contributed by atoms with E-state index in [-0.39, 0.29) is 17.7 Å². The number of ether oxygens (including phenoxy) is 1. The molecule has 0 aliphatic carbocycles. The molecular formula is C23H35N3O4. The van der Waals surface area contributed by atoms with Gasteiger partial charge in [0.05, 0.1) is 25.3 Å². The minimum absolute atomic E-state index is 0.0348. The molecule has 0 spiro atoms. The molecule has 0 aromatic carbocycles. The van der Waals surface area contributed by atoms with Crippen molar-refractivity contribution < 1.29 is 18.7 Å². The Morgan fingerprint density at radius 2 is 2.13 bits per heavy atom. The molecule has 4 rings (SSSR count). The highest BCUT2D eigenvalue weighted by Gasteiger charge is 2.39. The van der Waals surface area contributed by atoms with Gasteiger partial charge in [0.15, 0.2) is 0 Å². The van der Waals surface area contributed by atoms with Crippen LogP contribution in [0.3, 0.4) is 0 Å². The van der Waals surface area contributed by atoms with Gasteiger partial charge in [-0.1, -0.05) is 6.42 Å². The number of piperidine rings is 2. The van der Waals surface area contributed by atoms with Crippen LogP contribution in [0, 0.1) is 11.8 Å². The second-order valence-electron chi connectivity index (χ2n) is 9.03. The second kappa shape index (κ2) is 9.96. The van der Waals surface area contributed by atoms with Gasteiger partial charge in [-0.25, -0.2) is 0 Å². The number of carbonyl (C=O) groups is 2. The van der Waals surface area contributed by atoms with Gasteiger partial charge in [0.2, 0.25) is 11.8 Å². The highest BCUT2D eigenvalue weighted by atomic mass is 16.5. The first-order chi connectivity index (χ1) is 14.7. The Labute approximate surface area is 179 Å². The van der Waals surface area contributed by atoms with E-state index in [1.807, 2.05) is 17.0 Å². The molecule has 2 amide bonds. The minimum Gasteiger partial charge on any atom is -0.467 e. The standard InChI is InChI=1S/C23H35N3O4/c1-29-13-11-25(15-18-6-4-10-24-9-3-2-8-21(18)24)23(28)19-14-22(27)26(16-19)17-20-7-5-12-30-20/h5,7,12,18-19,21H,2-4,6,8-11,13-17H2,1H3/t18-,19+,21+/m0/s1. The fourth-order valence-corrected chi connectivity index (χ4v) is 5.51. The number of nitrogens with zero attached hydrogens (tertiary/aromatic N) is 3. The van der Waals surface area contributed by atoms with Crippen LogP contribution in [0.2, 0.25) is 0 Å². The van der Waals surface area contributed by atoms with Crippen LogP contribution in [0.25, 0.3) is 0 Å². The topological polar surface area (TPSA) is 66.2 Å². The highest BCUT2D eigenvalue weighted by Crippen LogP contribution is 2.32. The number of fused-ring (bicyclic) bond motifs is 1. The summed E-state index contributed by atoms with van der Waals surface area (Å²) in [6, 6.07) is 4.29. The van der Waals surface area contributed by atoms with E-state index in [0.717, 1.165) is 12.3 Å². The molecule has 30 heavy (non-hydrogen) atoms. The first-order valence-electron chi connectivity index (χ1n) is 11.5. The van der Waals surface area contributed by atoms with Gasteiger partial charge >= 0.3 is 0 Å². The van der Waals surface area contributed by atoms with E-state index in [4.69, 9.17) is 9.15 Å². The normalized spacial score (nSPS) is 27.3. The van der Waals surface area contributed by atoms with Crippen LogP contribution in [0.5, 0.6) is 0 Å². The van der Waals surface area contributed by atoms with Crippen LogP contribution in [-0.2, 0) is 20.9 Å². The van der Waals surface area contributed by atoms with Gasteiger partial charge in [-0.15, -0.1) is 0 Å². The van der Waals surface area contributed by atoms with Crippen molar-refractivity contribution in [2.75, 3.05) is 46.4 Å². The largest absolute Gasteiger partial charge is 0.467 e. The number of amides is 2. The second-order valence-corrected chi connectivity index (χ2v) is 9.03. The predicted molar refractivity (Wildman–Crippen MR) is 113 cm³/mol. The van der Waals surface area contributed by atoms with Crippen molar-refractivity contribution in [1.29, 1.82) is 0 Å². The summed E-state index contributed by atoms with van der Waals surface area (Å²) in [5.74, 6) is 1.15. The van der Waals surface area contributed by atoms with Gasteiger partial charge in [-0.05, 0) is 56.8 Å². The molecule has 0 radical (unpaired) electrons. The first kappa shape index (κ1) is 21.4. The fraction of sp³-hybridized carbons (Fsp3) is 0.739. The van der Waals surface area contributed by atoms with Gasteiger partial charge in [0.25, 0.3) is 0 Å². The van der Waals surface area contributed by atoms with E-state index in [2.05, 4.69) is 4.90 Å². The lowest BCUT2D eigenvalue weighted by Gasteiger charge is -2.46. The Morgan fingerprint density at radius 1 is 1.27 bits per heavy atom. The summed E-state index contributed by atoms with van der Waals surface area (Å²) in [5, 5.41) is 0. The monoisotopic (exact) mass is 417 g/mol. The summed E-state index contributed by atoms with van der Waals surface area (Å²) in [6.45, 7) is 5.23. The number of carbonyl (C=O) groups excluding carboxylic acids is 2. The molecule has 3 saturated heterocycles. The van der Waals surface area contributed by atoms with Crippen LogP contribution in [-0.4, -0.2) is 79.0 Å². The van der Waals surface area contributed by atoms with E-state index < -0.39 is 0 Å². The van der Waals surface area contributed by atoms with E-state index in [9.17, 15) is 9.59 Å². The van der Waals surface area contributed by atoms with E-state index in [1.54, 1.807) is 18.3 Å². The summed E-state index contributed by atoms with van der Waals surface area (Å²) in [6.07, 6.45) is 8.15. The van der Waals surface area contributed by atoms with Gasteiger partial charge < -0.3 is 23.9 Å². The average Bonchev–Trinajstić information content (AvgIpc) is 3.41. The van der Waals surface area contributed by atoms with Crippen molar-refractivity contribution in [3.8, 4) is 0 Å². The molecule has 0 saturated carbocycles. The zero-order valence-electron chi connectivity index (χ0n) is 18.1. The molecule has 0 bridgehead atoms. The van der Waals surface area contributed by atoms with Crippen molar-refractivity contribution >= 4 is 11.8 Å². The number of likely N-dealkylation sites (tertiary alicyclic amines) is 1. The van der Waals surface area contributed by atoms with Crippen LogP contribution >= 0.6 is 0 Å². The average molecular weight is 418 g/mol. The van der Waals surface area contributed by atoms with Gasteiger partial charge in [-0.3, -0.25) is 9.59 Å². The smallest absolute Gasteiger partial charge is 0.228 e. The lowest BCUT2D eigenvalue weighted by molar-refractivity contribution is -0.137. The third-order valence-corrected chi connectivity index (χ3v) is 7.05. The summed E-state index contributed by atoms with van der Waals surface area (Å²) in [4.78, 5) is 32.3. The van der Waals surface area contributed by atoms with Gasteiger partial charge in [0.1, 0.15) is 5.76 Å². The van der Waals surface area contributed by atoms with E-state index >= 15 is 0 Å². The van der Waals surface area contributed by atoms with Crippen molar-refractivity contribution in [3.63, 3.8) is 0 Å². The van der Waals surface area contributed by atoms with Gasteiger partial charge in [-0.2, -0.15) is 0 Å². The number of rotatable bonds is 8. The number of hydrogen-bond donors (Lipinski definition) is 0. The van der Waals surface area contributed by atoms with Crippen molar-refractivity contribution in [2.45, 2.75) is 51.1 Å². The zero-order chi connectivity index (χ0) is 20.9. The highest BCUT2D eigenvalue weighted by molar-refractivity contribution is 5.89. The Kier molecular flexibility index (Phi) is 7.10. The molecule has 0 unspecified atom stereocenters. The third-order valence-electron chi connectivity index (χ3n) is 7.05. The zero-order valence-corrected chi connectivity index (χ0v) is 18.1. The number of hydrogen-bond acceptors (Lipinski definition) is 5. The Morgan fingerprint density at radius 3 is 2.93 bits per heavy atom. The molecule has 7 nitrogen and oxygen atoms in total. The van der Waals surface area contributed by atoms with Crippen molar-refractivity contribution in [2.24, 2.45) is 11.8 Å². The molecule has 3 atom stereocenters. The Balaban J connectivity index is 1.40. The Bertz CT molecular complexity index is 705. The van der Waals surface area contributed by atoms with Gasteiger partial charge in [0, 0.05) is 39.2 Å². The first-order valence-corrected chi connectivity index (χ1v) is 11.5. The molecule has 3 fully saturated rings. The lowest BCUT2D eigenvalue weighted by Crippen LogP contribution is -2.52. The van der Waals surface area contributed by atoms with Crippen molar-refractivity contribution in [1.82, 2.24) is 14.7 Å². The molecule has 4 heterocycles. The quantitative estimate of drug-likeness (QED) is 0.650.